The van der Waals surface area contributed by atoms with Crippen LogP contribution in [0.4, 0.5) is 5.69 Å². The number of fused-ring (bicyclic) bond motifs is 1. The molecule has 3 aromatic rings. The molecule has 8 nitrogen and oxygen atoms in total. The lowest BCUT2D eigenvalue weighted by atomic mass is 10.1. The monoisotopic (exact) mass is 460 g/mol. The van der Waals surface area contributed by atoms with Crippen molar-refractivity contribution in [3.8, 4) is 5.75 Å². The van der Waals surface area contributed by atoms with E-state index in [9.17, 15) is 14.4 Å². The first kappa shape index (κ1) is 22.1. The Morgan fingerprint density at radius 2 is 1.85 bits per heavy atom. The Balaban J connectivity index is 1.28. The summed E-state index contributed by atoms with van der Waals surface area (Å²) in [5.41, 5.74) is 1.29. The third-order valence-electron chi connectivity index (χ3n) is 6.59. The highest BCUT2D eigenvalue weighted by Gasteiger charge is 2.34. The number of carbonyl (C=O) groups excluding carboxylic acids is 2. The standard InChI is InChI=1S/C26H28N4O4/c1-34-19-12-8-17(9-13-19)27-25(32)22-7-4-16-29(22)24(31)15-14-23-28-21-6-3-2-5-20(21)26(33)30(23)18-10-11-18/h2-3,5-6,8-9,12-13,18,22H,4,7,10-11,14-16H2,1H3,(H,27,32). The fraction of sp³-hybridized carbons (Fsp3) is 0.385. The molecule has 0 radical (unpaired) electrons. The number of aromatic nitrogens is 2. The molecular weight excluding hydrogens is 432 g/mol. The van der Waals surface area contributed by atoms with Crippen LogP contribution in [0.25, 0.3) is 10.9 Å². The van der Waals surface area contributed by atoms with Crippen molar-refractivity contribution < 1.29 is 14.3 Å². The maximum absolute atomic E-state index is 13.1. The van der Waals surface area contributed by atoms with E-state index in [0.29, 0.717) is 47.6 Å². The van der Waals surface area contributed by atoms with E-state index in [1.54, 1.807) is 46.9 Å². The quantitative estimate of drug-likeness (QED) is 0.584. The van der Waals surface area contributed by atoms with Crippen molar-refractivity contribution in [2.75, 3.05) is 19.0 Å². The van der Waals surface area contributed by atoms with Crippen LogP contribution in [-0.4, -0.2) is 46.0 Å². The van der Waals surface area contributed by atoms with E-state index in [1.165, 1.54) is 0 Å². The molecule has 0 spiro atoms. The lowest BCUT2D eigenvalue weighted by molar-refractivity contribution is -0.136. The zero-order valence-corrected chi connectivity index (χ0v) is 19.2. The average Bonchev–Trinajstić information content (AvgIpc) is 3.56. The molecule has 1 N–H and O–H groups in total. The van der Waals surface area contributed by atoms with Crippen LogP contribution in [0, 0.1) is 0 Å². The Kier molecular flexibility index (Phi) is 6.04. The van der Waals surface area contributed by atoms with Gasteiger partial charge < -0.3 is 15.0 Å². The number of hydrogen-bond donors (Lipinski definition) is 1. The predicted molar refractivity (Wildman–Crippen MR) is 129 cm³/mol. The number of likely N-dealkylation sites (tertiary alicyclic amines) is 1. The van der Waals surface area contributed by atoms with Gasteiger partial charge in [0.2, 0.25) is 11.8 Å². The Labute approximate surface area is 197 Å². The van der Waals surface area contributed by atoms with Crippen LogP contribution in [-0.2, 0) is 16.0 Å². The molecule has 1 aromatic heterocycles. The maximum atomic E-state index is 13.1. The molecule has 8 heteroatoms. The lowest BCUT2D eigenvalue weighted by Crippen LogP contribution is -2.43. The summed E-state index contributed by atoms with van der Waals surface area (Å²) in [4.78, 5) is 45.5. The van der Waals surface area contributed by atoms with E-state index in [2.05, 4.69) is 5.32 Å². The van der Waals surface area contributed by atoms with Gasteiger partial charge in [0, 0.05) is 31.1 Å². The first-order chi connectivity index (χ1) is 16.5. The number of hydrogen-bond acceptors (Lipinski definition) is 5. The highest BCUT2D eigenvalue weighted by Crippen LogP contribution is 2.35. The average molecular weight is 461 g/mol. The van der Waals surface area contributed by atoms with Gasteiger partial charge in [0.15, 0.2) is 0 Å². The van der Waals surface area contributed by atoms with Gasteiger partial charge in [0.05, 0.1) is 18.0 Å². The molecule has 2 aromatic carbocycles. The van der Waals surface area contributed by atoms with E-state index in [1.807, 2.05) is 18.2 Å². The van der Waals surface area contributed by atoms with Crippen molar-refractivity contribution in [1.29, 1.82) is 0 Å². The second-order valence-corrected chi connectivity index (χ2v) is 8.91. The van der Waals surface area contributed by atoms with Crippen molar-refractivity contribution in [2.45, 2.75) is 50.6 Å². The van der Waals surface area contributed by atoms with Gasteiger partial charge in [-0.15, -0.1) is 0 Å². The zero-order chi connectivity index (χ0) is 23.7. The summed E-state index contributed by atoms with van der Waals surface area (Å²) >= 11 is 0. The van der Waals surface area contributed by atoms with Gasteiger partial charge in [-0.3, -0.25) is 19.0 Å². The van der Waals surface area contributed by atoms with Gasteiger partial charge >= 0.3 is 0 Å². The Hall–Kier alpha value is -3.68. The van der Waals surface area contributed by atoms with Crippen LogP contribution in [0.2, 0.25) is 0 Å². The minimum Gasteiger partial charge on any atom is -0.497 e. The van der Waals surface area contributed by atoms with Crippen LogP contribution >= 0.6 is 0 Å². The number of ether oxygens (including phenoxy) is 1. The van der Waals surface area contributed by atoms with Gasteiger partial charge in [0.25, 0.3) is 5.56 Å². The smallest absolute Gasteiger partial charge is 0.261 e. The Morgan fingerprint density at radius 3 is 2.59 bits per heavy atom. The van der Waals surface area contributed by atoms with Crippen LogP contribution in [0.15, 0.2) is 53.3 Å². The van der Waals surface area contributed by atoms with Gasteiger partial charge in [-0.25, -0.2) is 4.98 Å². The number of para-hydroxylation sites is 1. The molecule has 1 aliphatic heterocycles. The predicted octanol–water partition coefficient (Wildman–Crippen LogP) is 3.30. The zero-order valence-electron chi connectivity index (χ0n) is 19.2. The molecule has 0 bridgehead atoms. The van der Waals surface area contributed by atoms with Crippen molar-refractivity contribution in [1.82, 2.24) is 14.5 Å². The number of nitrogens with one attached hydrogen (secondary N) is 1. The minimum atomic E-state index is -0.496. The summed E-state index contributed by atoms with van der Waals surface area (Å²) in [5.74, 6) is 1.09. The molecule has 1 atom stereocenters. The second-order valence-electron chi connectivity index (χ2n) is 8.91. The number of benzene rings is 2. The molecule has 1 saturated carbocycles. The van der Waals surface area contributed by atoms with Crippen LogP contribution in [0.5, 0.6) is 5.75 Å². The largest absolute Gasteiger partial charge is 0.497 e. The van der Waals surface area contributed by atoms with Crippen molar-refractivity contribution >= 4 is 28.4 Å². The molecule has 2 aliphatic rings. The van der Waals surface area contributed by atoms with Crippen molar-refractivity contribution in [2.24, 2.45) is 0 Å². The van der Waals surface area contributed by atoms with E-state index in [0.717, 1.165) is 19.3 Å². The highest BCUT2D eigenvalue weighted by atomic mass is 16.5. The number of nitrogens with zero attached hydrogens (tertiary/aromatic N) is 3. The van der Waals surface area contributed by atoms with Crippen LogP contribution < -0.4 is 15.6 Å². The first-order valence-corrected chi connectivity index (χ1v) is 11.8. The summed E-state index contributed by atoms with van der Waals surface area (Å²) in [6.45, 7) is 0.556. The molecule has 2 amide bonds. The third-order valence-corrected chi connectivity index (χ3v) is 6.59. The van der Waals surface area contributed by atoms with Crippen molar-refractivity contribution in [3.05, 3.63) is 64.7 Å². The highest BCUT2D eigenvalue weighted by molar-refractivity contribution is 5.97. The minimum absolute atomic E-state index is 0.0338. The van der Waals surface area contributed by atoms with E-state index < -0.39 is 6.04 Å². The molecule has 1 saturated heterocycles. The number of carbonyl (C=O) groups is 2. The van der Waals surface area contributed by atoms with Gasteiger partial charge in [-0.05, 0) is 62.1 Å². The third kappa shape index (κ3) is 4.40. The normalized spacial score (nSPS) is 17.7. The van der Waals surface area contributed by atoms with E-state index >= 15 is 0 Å². The SMILES string of the molecule is COc1ccc(NC(=O)C2CCCN2C(=O)CCc2nc3ccccc3c(=O)n2C2CC2)cc1. The number of aryl methyl sites for hydroxylation is 1. The van der Waals surface area contributed by atoms with E-state index in [-0.39, 0.29) is 29.8 Å². The molecule has 176 valence electrons. The fourth-order valence-corrected chi connectivity index (χ4v) is 4.68. The molecule has 1 aliphatic carbocycles. The summed E-state index contributed by atoms with van der Waals surface area (Å²) in [6.07, 6.45) is 3.92. The first-order valence-electron chi connectivity index (χ1n) is 11.8. The molecule has 1 unspecified atom stereocenters. The Morgan fingerprint density at radius 1 is 1.09 bits per heavy atom. The number of rotatable bonds is 7. The molecular formula is C26H28N4O4. The number of amides is 2. The fourth-order valence-electron chi connectivity index (χ4n) is 4.68. The number of methoxy groups -OCH3 is 1. The summed E-state index contributed by atoms with van der Waals surface area (Å²) in [5, 5.41) is 3.52. The topological polar surface area (TPSA) is 93.5 Å². The number of anilines is 1. The van der Waals surface area contributed by atoms with Gasteiger partial charge in [-0.2, -0.15) is 0 Å². The molecule has 2 fully saturated rings. The molecule has 2 heterocycles. The summed E-state index contributed by atoms with van der Waals surface area (Å²) in [7, 11) is 1.59. The summed E-state index contributed by atoms with van der Waals surface area (Å²) < 4.78 is 6.92. The lowest BCUT2D eigenvalue weighted by Gasteiger charge is -2.24. The van der Waals surface area contributed by atoms with Crippen LogP contribution in [0.1, 0.15) is 44.0 Å². The van der Waals surface area contributed by atoms with Crippen LogP contribution in [0.3, 0.4) is 0 Å². The maximum Gasteiger partial charge on any atom is 0.261 e. The van der Waals surface area contributed by atoms with Gasteiger partial charge in [0.1, 0.15) is 17.6 Å². The van der Waals surface area contributed by atoms with Crippen molar-refractivity contribution in [3.63, 3.8) is 0 Å². The molecule has 34 heavy (non-hydrogen) atoms. The van der Waals surface area contributed by atoms with E-state index in [4.69, 9.17) is 9.72 Å². The summed E-state index contributed by atoms with van der Waals surface area (Å²) in [6, 6.07) is 14.1. The second kappa shape index (κ2) is 9.29. The van der Waals surface area contributed by atoms with Gasteiger partial charge in [-0.1, -0.05) is 12.1 Å². The Bertz CT molecular complexity index is 1280. The molecule has 5 rings (SSSR count).